The normalized spacial score (nSPS) is 13.2. The van der Waals surface area contributed by atoms with Crippen LogP contribution in [0.5, 0.6) is 0 Å². The summed E-state index contributed by atoms with van der Waals surface area (Å²) in [6.45, 7) is 7.90. The lowest BCUT2D eigenvalue weighted by Gasteiger charge is -2.28. The van der Waals surface area contributed by atoms with Crippen LogP contribution in [0, 0.1) is 11.2 Å². The minimum absolute atomic E-state index is 0.0324. The zero-order chi connectivity index (χ0) is 13.2. The van der Waals surface area contributed by atoms with Gasteiger partial charge in [0.1, 0.15) is 11.6 Å². The molecule has 4 nitrogen and oxygen atoms in total. The molecule has 1 aromatic heterocycles. The van der Waals surface area contributed by atoms with Crippen LogP contribution in [0.3, 0.4) is 0 Å². The molecule has 0 aromatic carbocycles. The lowest BCUT2D eigenvalue weighted by Crippen LogP contribution is -2.41. The van der Waals surface area contributed by atoms with Crippen LogP contribution in [-0.4, -0.2) is 16.9 Å². The molecule has 0 bridgehead atoms. The highest BCUT2D eigenvalue weighted by molar-refractivity contribution is 5.98. The molecule has 94 valence electrons. The molecule has 0 saturated heterocycles. The Morgan fingerprint density at radius 2 is 2.12 bits per heavy atom. The number of pyridine rings is 1. The summed E-state index contributed by atoms with van der Waals surface area (Å²) in [5.74, 6) is -0.949. The third-order valence-corrected chi connectivity index (χ3v) is 2.78. The number of aromatic nitrogens is 1. The van der Waals surface area contributed by atoms with Crippen LogP contribution in [0.2, 0.25) is 0 Å². The molecule has 3 N–H and O–H groups in total. The maximum absolute atomic E-state index is 13.0. The second-order valence-corrected chi connectivity index (χ2v) is 5.15. The minimum Gasteiger partial charge on any atom is -0.383 e. The monoisotopic (exact) mass is 239 g/mol. The smallest absolute Gasteiger partial charge is 0.255 e. The van der Waals surface area contributed by atoms with Gasteiger partial charge in [-0.05, 0) is 18.4 Å². The molecule has 17 heavy (non-hydrogen) atoms. The Morgan fingerprint density at radius 3 is 2.65 bits per heavy atom. The van der Waals surface area contributed by atoms with Crippen LogP contribution in [0.4, 0.5) is 10.2 Å². The molecular weight excluding hydrogens is 221 g/mol. The van der Waals surface area contributed by atoms with Gasteiger partial charge in [-0.25, -0.2) is 9.37 Å². The van der Waals surface area contributed by atoms with Gasteiger partial charge in [-0.2, -0.15) is 0 Å². The topological polar surface area (TPSA) is 68.0 Å². The zero-order valence-corrected chi connectivity index (χ0v) is 10.5. The molecule has 0 radical (unpaired) electrons. The van der Waals surface area contributed by atoms with E-state index in [0.717, 1.165) is 12.3 Å². The molecule has 0 saturated carbocycles. The molecule has 0 aliphatic carbocycles. The quantitative estimate of drug-likeness (QED) is 0.829. The Kier molecular flexibility index (Phi) is 3.70. The first-order valence-corrected chi connectivity index (χ1v) is 5.43. The predicted molar refractivity (Wildman–Crippen MR) is 65.0 cm³/mol. The largest absolute Gasteiger partial charge is 0.383 e. The summed E-state index contributed by atoms with van der Waals surface area (Å²) in [6, 6.07) is 1.03. The van der Waals surface area contributed by atoms with E-state index in [9.17, 15) is 9.18 Å². The standard InChI is InChI=1S/C12H18FN3O/c1-7(12(2,3)4)16-11(17)9-5-8(13)6-15-10(9)14/h5-7H,1-4H3,(H2,14,15)(H,16,17). The third-order valence-electron chi connectivity index (χ3n) is 2.78. The Morgan fingerprint density at radius 1 is 1.53 bits per heavy atom. The number of nitrogens with one attached hydrogen (secondary N) is 1. The van der Waals surface area contributed by atoms with Crippen LogP contribution in [0.25, 0.3) is 0 Å². The van der Waals surface area contributed by atoms with E-state index in [2.05, 4.69) is 10.3 Å². The van der Waals surface area contributed by atoms with Crippen LogP contribution < -0.4 is 11.1 Å². The van der Waals surface area contributed by atoms with Crippen LogP contribution in [0.1, 0.15) is 38.1 Å². The van der Waals surface area contributed by atoms with E-state index in [1.165, 1.54) is 0 Å². The number of carbonyl (C=O) groups is 1. The van der Waals surface area contributed by atoms with Gasteiger partial charge in [0, 0.05) is 6.04 Å². The maximum atomic E-state index is 13.0. The van der Waals surface area contributed by atoms with Gasteiger partial charge in [0.2, 0.25) is 0 Å². The van der Waals surface area contributed by atoms with Crippen LogP contribution >= 0.6 is 0 Å². The van der Waals surface area contributed by atoms with Gasteiger partial charge in [0.05, 0.1) is 11.8 Å². The first-order chi connectivity index (χ1) is 7.71. The predicted octanol–water partition coefficient (Wildman–Crippen LogP) is 1.97. The average molecular weight is 239 g/mol. The highest BCUT2D eigenvalue weighted by atomic mass is 19.1. The summed E-state index contributed by atoms with van der Waals surface area (Å²) in [5, 5.41) is 2.78. The van der Waals surface area contributed by atoms with E-state index >= 15 is 0 Å². The molecular formula is C12H18FN3O. The van der Waals surface area contributed by atoms with Crippen LogP contribution in [0.15, 0.2) is 12.3 Å². The molecule has 1 unspecified atom stereocenters. The number of carbonyl (C=O) groups excluding carboxylic acids is 1. The third kappa shape index (κ3) is 3.41. The zero-order valence-electron chi connectivity index (χ0n) is 10.5. The van der Waals surface area contributed by atoms with Crippen molar-refractivity contribution in [3.63, 3.8) is 0 Å². The number of halogens is 1. The van der Waals surface area contributed by atoms with Gasteiger partial charge in [0.25, 0.3) is 5.91 Å². The molecule has 5 heteroatoms. The number of hydrogen-bond acceptors (Lipinski definition) is 3. The van der Waals surface area contributed by atoms with E-state index < -0.39 is 11.7 Å². The molecule has 1 aromatic rings. The summed E-state index contributed by atoms with van der Waals surface area (Å²) in [7, 11) is 0. The van der Waals surface area contributed by atoms with Crippen molar-refractivity contribution < 1.29 is 9.18 Å². The van der Waals surface area contributed by atoms with E-state index in [1.807, 2.05) is 27.7 Å². The van der Waals surface area contributed by atoms with E-state index in [0.29, 0.717) is 0 Å². The highest BCUT2D eigenvalue weighted by Crippen LogP contribution is 2.19. The van der Waals surface area contributed by atoms with Crippen molar-refractivity contribution in [1.29, 1.82) is 0 Å². The van der Waals surface area contributed by atoms with Crippen molar-refractivity contribution in [3.8, 4) is 0 Å². The van der Waals surface area contributed by atoms with E-state index in [-0.39, 0.29) is 22.8 Å². The van der Waals surface area contributed by atoms with E-state index in [1.54, 1.807) is 0 Å². The second-order valence-electron chi connectivity index (χ2n) is 5.15. The van der Waals surface area contributed by atoms with Crippen molar-refractivity contribution in [3.05, 3.63) is 23.6 Å². The first kappa shape index (κ1) is 13.4. The number of nitrogen functional groups attached to an aromatic ring is 1. The van der Waals surface area contributed by atoms with Crippen LogP contribution in [-0.2, 0) is 0 Å². The van der Waals surface area contributed by atoms with Crippen molar-refractivity contribution in [2.75, 3.05) is 5.73 Å². The molecule has 1 heterocycles. The molecule has 1 rings (SSSR count). The molecule has 1 atom stereocenters. The summed E-state index contributed by atoms with van der Waals surface area (Å²) in [5.41, 5.74) is 5.53. The molecule has 0 aliphatic heterocycles. The van der Waals surface area contributed by atoms with Crippen molar-refractivity contribution in [1.82, 2.24) is 10.3 Å². The number of nitrogens with zero attached hydrogens (tertiary/aromatic N) is 1. The highest BCUT2D eigenvalue weighted by Gasteiger charge is 2.23. The first-order valence-electron chi connectivity index (χ1n) is 5.43. The summed E-state index contributed by atoms with van der Waals surface area (Å²) < 4.78 is 13.0. The molecule has 0 fully saturated rings. The molecule has 1 amide bonds. The summed E-state index contributed by atoms with van der Waals surface area (Å²) >= 11 is 0. The van der Waals surface area contributed by atoms with Gasteiger partial charge in [-0.1, -0.05) is 20.8 Å². The van der Waals surface area contributed by atoms with Gasteiger partial charge in [-0.3, -0.25) is 4.79 Å². The Bertz CT molecular complexity index is 426. The lowest BCUT2D eigenvalue weighted by atomic mass is 9.88. The second kappa shape index (κ2) is 4.69. The molecule has 0 aliphatic rings. The van der Waals surface area contributed by atoms with E-state index in [4.69, 9.17) is 5.73 Å². The SMILES string of the molecule is CC(NC(=O)c1cc(F)cnc1N)C(C)(C)C. The Balaban J connectivity index is 2.87. The van der Waals surface area contributed by atoms with Gasteiger partial charge in [0.15, 0.2) is 0 Å². The molecule has 0 spiro atoms. The summed E-state index contributed by atoms with van der Waals surface area (Å²) in [6.07, 6.45) is 0.985. The fourth-order valence-corrected chi connectivity index (χ4v) is 1.12. The average Bonchev–Trinajstić information content (AvgIpc) is 2.20. The van der Waals surface area contributed by atoms with Gasteiger partial charge < -0.3 is 11.1 Å². The lowest BCUT2D eigenvalue weighted by molar-refractivity contribution is 0.0910. The number of nitrogens with two attached hydrogens (primary N) is 1. The Hall–Kier alpha value is -1.65. The fraction of sp³-hybridized carbons (Fsp3) is 0.500. The number of hydrogen-bond donors (Lipinski definition) is 2. The van der Waals surface area contributed by atoms with Crippen molar-refractivity contribution in [2.45, 2.75) is 33.7 Å². The fourth-order valence-electron chi connectivity index (χ4n) is 1.12. The Labute approximate surface area is 100 Å². The number of anilines is 1. The number of rotatable bonds is 2. The number of amides is 1. The van der Waals surface area contributed by atoms with Gasteiger partial charge in [-0.15, -0.1) is 0 Å². The minimum atomic E-state index is -0.576. The van der Waals surface area contributed by atoms with Crippen molar-refractivity contribution in [2.24, 2.45) is 5.41 Å². The summed E-state index contributed by atoms with van der Waals surface area (Å²) in [4.78, 5) is 15.5. The maximum Gasteiger partial charge on any atom is 0.255 e. The van der Waals surface area contributed by atoms with Gasteiger partial charge >= 0.3 is 0 Å². The van der Waals surface area contributed by atoms with Crippen molar-refractivity contribution >= 4 is 11.7 Å².